The Bertz CT molecular complexity index is 546. The van der Waals surface area contributed by atoms with Gasteiger partial charge in [-0.1, -0.05) is 19.3 Å². The molecule has 1 spiro atoms. The van der Waals surface area contributed by atoms with E-state index < -0.39 is 0 Å². The highest BCUT2D eigenvalue weighted by molar-refractivity contribution is 5.48. The van der Waals surface area contributed by atoms with Gasteiger partial charge in [-0.25, -0.2) is 4.39 Å². The average molecular weight is 288 g/mol. The summed E-state index contributed by atoms with van der Waals surface area (Å²) in [4.78, 5) is 0. The Morgan fingerprint density at radius 1 is 1.29 bits per heavy atom. The number of halogens is 1. The summed E-state index contributed by atoms with van der Waals surface area (Å²) in [6.07, 6.45) is 8.56. The Morgan fingerprint density at radius 3 is 2.81 bits per heavy atom. The van der Waals surface area contributed by atoms with E-state index in [0.717, 1.165) is 12.8 Å². The molecular weight excluding hydrogens is 267 g/mol. The minimum atomic E-state index is -0.376. The first-order valence-corrected chi connectivity index (χ1v) is 7.82. The fourth-order valence-electron chi connectivity index (χ4n) is 3.55. The van der Waals surface area contributed by atoms with Gasteiger partial charge in [0, 0.05) is 6.54 Å². The van der Waals surface area contributed by atoms with Crippen LogP contribution in [0.3, 0.4) is 0 Å². The molecule has 1 saturated heterocycles. The van der Waals surface area contributed by atoms with Gasteiger partial charge in [0.1, 0.15) is 5.82 Å². The number of benzene rings is 1. The Balaban J connectivity index is 1.55. The van der Waals surface area contributed by atoms with Crippen molar-refractivity contribution in [2.75, 3.05) is 11.9 Å². The molecule has 1 unspecified atom stereocenters. The van der Waals surface area contributed by atoms with Gasteiger partial charge in [0.05, 0.1) is 29.0 Å². The standard InChI is InChI=1S/C17H21FN2O/c18-15-10-13(11-19)4-5-16(15)20-12-14-6-9-17(21-14)7-2-1-3-8-17/h4-5,10,14,20H,1-3,6-9,12H2. The number of anilines is 1. The molecule has 1 aliphatic heterocycles. The fraction of sp³-hybridized carbons (Fsp3) is 0.588. The van der Waals surface area contributed by atoms with Gasteiger partial charge >= 0.3 is 0 Å². The van der Waals surface area contributed by atoms with Crippen LogP contribution >= 0.6 is 0 Å². The number of nitriles is 1. The van der Waals surface area contributed by atoms with Crippen molar-refractivity contribution in [1.29, 1.82) is 5.26 Å². The van der Waals surface area contributed by atoms with Crippen LogP contribution in [0.5, 0.6) is 0 Å². The summed E-state index contributed by atoms with van der Waals surface area (Å²) in [6, 6.07) is 6.46. The molecule has 0 aromatic heterocycles. The zero-order valence-electron chi connectivity index (χ0n) is 12.2. The number of nitrogens with one attached hydrogen (secondary N) is 1. The second-order valence-electron chi connectivity index (χ2n) is 6.21. The maximum absolute atomic E-state index is 13.8. The molecule has 1 saturated carbocycles. The van der Waals surface area contributed by atoms with Gasteiger partial charge in [-0.2, -0.15) is 5.26 Å². The van der Waals surface area contributed by atoms with Gasteiger partial charge in [0.25, 0.3) is 0 Å². The maximum Gasteiger partial charge on any atom is 0.147 e. The summed E-state index contributed by atoms with van der Waals surface area (Å²) >= 11 is 0. The molecule has 3 nitrogen and oxygen atoms in total. The van der Waals surface area contributed by atoms with E-state index in [1.165, 1.54) is 38.2 Å². The molecule has 4 heteroatoms. The van der Waals surface area contributed by atoms with Gasteiger partial charge in [-0.05, 0) is 43.9 Å². The van der Waals surface area contributed by atoms with Crippen molar-refractivity contribution in [1.82, 2.24) is 0 Å². The molecule has 1 aromatic carbocycles. The third-order valence-corrected chi connectivity index (χ3v) is 4.72. The van der Waals surface area contributed by atoms with Crippen LogP contribution in [0.25, 0.3) is 0 Å². The SMILES string of the molecule is N#Cc1ccc(NCC2CCC3(CCCCC3)O2)c(F)c1. The van der Waals surface area contributed by atoms with E-state index in [-0.39, 0.29) is 17.5 Å². The lowest BCUT2D eigenvalue weighted by molar-refractivity contribution is -0.0588. The van der Waals surface area contributed by atoms with Gasteiger partial charge < -0.3 is 10.1 Å². The fourth-order valence-corrected chi connectivity index (χ4v) is 3.55. The van der Waals surface area contributed by atoms with Crippen LogP contribution in [0, 0.1) is 17.1 Å². The van der Waals surface area contributed by atoms with Crippen molar-refractivity contribution >= 4 is 5.69 Å². The van der Waals surface area contributed by atoms with E-state index in [9.17, 15) is 4.39 Å². The minimum Gasteiger partial charge on any atom is -0.380 e. The van der Waals surface area contributed by atoms with E-state index in [2.05, 4.69) is 5.32 Å². The first kappa shape index (κ1) is 14.3. The molecule has 2 fully saturated rings. The normalized spacial score (nSPS) is 23.9. The molecule has 1 heterocycles. The zero-order chi connectivity index (χ0) is 14.7. The number of hydrogen-bond acceptors (Lipinski definition) is 3. The Labute approximate surface area is 125 Å². The predicted octanol–water partition coefficient (Wildman–Crippen LogP) is 3.99. The molecule has 1 aliphatic carbocycles. The highest BCUT2D eigenvalue weighted by Crippen LogP contribution is 2.41. The molecule has 1 atom stereocenters. The lowest BCUT2D eigenvalue weighted by atomic mass is 9.83. The lowest BCUT2D eigenvalue weighted by Crippen LogP contribution is -2.33. The van der Waals surface area contributed by atoms with Gasteiger partial charge in [0.15, 0.2) is 0 Å². The molecule has 21 heavy (non-hydrogen) atoms. The highest BCUT2D eigenvalue weighted by Gasteiger charge is 2.40. The Kier molecular flexibility index (Phi) is 4.12. The largest absolute Gasteiger partial charge is 0.380 e. The van der Waals surface area contributed by atoms with Crippen LogP contribution in [-0.4, -0.2) is 18.2 Å². The third kappa shape index (κ3) is 3.19. The topological polar surface area (TPSA) is 45.0 Å². The molecule has 1 N–H and O–H groups in total. The van der Waals surface area contributed by atoms with Gasteiger partial charge in [0.2, 0.25) is 0 Å². The summed E-state index contributed by atoms with van der Waals surface area (Å²) in [6.45, 7) is 0.630. The summed E-state index contributed by atoms with van der Waals surface area (Å²) in [7, 11) is 0. The minimum absolute atomic E-state index is 0.105. The first-order valence-electron chi connectivity index (χ1n) is 7.82. The predicted molar refractivity (Wildman–Crippen MR) is 79.5 cm³/mol. The molecule has 3 rings (SSSR count). The van der Waals surface area contributed by atoms with Crippen molar-refractivity contribution in [2.24, 2.45) is 0 Å². The highest BCUT2D eigenvalue weighted by atomic mass is 19.1. The second kappa shape index (κ2) is 6.03. The zero-order valence-corrected chi connectivity index (χ0v) is 12.2. The van der Waals surface area contributed by atoms with E-state index in [4.69, 9.17) is 10.00 Å². The van der Waals surface area contributed by atoms with E-state index in [1.54, 1.807) is 12.1 Å². The van der Waals surface area contributed by atoms with Crippen LogP contribution in [0.1, 0.15) is 50.5 Å². The molecule has 0 bridgehead atoms. The Hall–Kier alpha value is -1.60. The van der Waals surface area contributed by atoms with Crippen molar-refractivity contribution in [3.63, 3.8) is 0 Å². The molecule has 0 radical (unpaired) electrons. The molecule has 0 amide bonds. The molecule has 112 valence electrons. The second-order valence-corrected chi connectivity index (χ2v) is 6.21. The number of ether oxygens (including phenoxy) is 1. The van der Waals surface area contributed by atoms with Gasteiger partial charge in [-0.15, -0.1) is 0 Å². The Morgan fingerprint density at radius 2 is 2.10 bits per heavy atom. The molecule has 2 aliphatic rings. The van der Waals surface area contributed by atoms with Crippen LogP contribution in [0.4, 0.5) is 10.1 Å². The van der Waals surface area contributed by atoms with Gasteiger partial charge in [-0.3, -0.25) is 0 Å². The summed E-state index contributed by atoms with van der Waals surface area (Å²) in [5, 5.41) is 11.9. The van der Waals surface area contributed by atoms with Crippen molar-refractivity contribution < 1.29 is 9.13 Å². The number of hydrogen-bond donors (Lipinski definition) is 1. The average Bonchev–Trinajstić information content (AvgIpc) is 2.89. The maximum atomic E-state index is 13.8. The van der Waals surface area contributed by atoms with E-state index in [1.807, 2.05) is 6.07 Å². The van der Waals surface area contributed by atoms with Crippen LogP contribution in [0.2, 0.25) is 0 Å². The molecular formula is C17H21FN2O. The lowest BCUT2D eigenvalue weighted by Gasteiger charge is -2.33. The monoisotopic (exact) mass is 288 g/mol. The van der Waals surface area contributed by atoms with Crippen molar-refractivity contribution in [3.05, 3.63) is 29.6 Å². The van der Waals surface area contributed by atoms with Crippen molar-refractivity contribution in [3.8, 4) is 6.07 Å². The van der Waals surface area contributed by atoms with E-state index in [0.29, 0.717) is 17.8 Å². The first-order chi connectivity index (χ1) is 10.2. The van der Waals surface area contributed by atoms with Crippen LogP contribution in [-0.2, 0) is 4.74 Å². The summed E-state index contributed by atoms with van der Waals surface area (Å²) < 4.78 is 20.1. The summed E-state index contributed by atoms with van der Waals surface area (Å²) in [5.74, 6) is -0.376. The van der Waals surface area contributed by atoms with E-state index >= 15 is 0 Å². The third-order valence-electron chi connectivity index (χ3n) is 4.72. The van der Waals surface area contributed by atoms with Crippen molar-refractivity contribution in [2.45, 2.75) is 56.7 Å². The quantitative estimate of drug-likeness (QED) is 0.914. The smallest absolute Gasteiger partial charge is 0.147 e. The number of nitrogens with zero attached hydrogens (tertiary/aromatic N) is 1. The number of rotatable bonds is 3. The molecule has 1 aromatic rings. The van der Waals surface area contributed by atoms with Crippen LogP contribution in [0.15, 0.2) is 18.2 Å². The summed E-state index contributed by atoms with van der Waals surface area (Å²) in [5.41, 5.74) is 0.895. The van der Waals surface area contributed by atoms with Crippen LogP contribution < -0.4 is 5.32 Å².